The molecule has 1 aromatic rings. The van der Waals surface area contributed by atoms with Crippen LogP contribution in [0.5, 0.6) is 0 Å². The molecule has 0 unspecified atom stereocenters. The van der Waals surface area contributed by atoms with Crippen LogP contribution in [0.25, 0.3) is 0 Å². The predicted octanol–water partition coefficient (Wildman–Crippen LogP) is -0.248. The number of pyridine rings is 1. The Kier molecular flexibility index (Phi) is 2.86. The van der Waals surface area contributed by atoms with E-state index in [4.69, 9.17) is 4.84 Å². The number of rotatable bonds is 3. The third kappa shape index (κ3) is 1.91. The van der Waals surface area contributed by atoms with Crippen LogP contribution in [0.3, 0.4) is 0 Å². The normalized spacial score (nSPS) is 9.64. The van der Waals surface area contributed by atoms with E-state index in [1.807, 2.05) is 31.4 Å². The molecular weight excluding hydrogens is 140 g/mol. The van der Waals surface area contributed by atoms with Crippen molar-refractivity contribution in [2.75, 3.05) is 14.2 Å². The molecule has 0 fully saturated rings. The minimum atomic E-state index is 0.814. The van der Waals surface area contributed by atoms with Gasteiger partial charge in [0.25, 0.3) is 0 Å². The van der Waals surface area contributed by atoms with Crippen molar-refractivity contribution in [3.05, 3.63) is 30.1 Å². The molecule has 0 bridgehead atoms. The quantitative estimate of drug-likeness (QED) is 0.606. The van der Waals surface area contributed by atoms with Crippen LogP contribution in [0.4, 0.5) is 0 Å². The molecular formula is C8H13N2O+. The molecule has 0 aliphatic carbocycles. The Balaban J connectivity index is 2.83. The summed E-state index contributed by atoms with van der Waals surface area (Å²) in [6.07, 6.45) is 1.88. The SMILES string of the molecule is CNCc1cccc[n+]1OC. The second-order valence-electron chi connectivity index (χ2n) is 2.23. The fourth-order valence-electron chi connectivity index (χ4n) is 0.960. The summed E-state index contributed by atoms with van der Waals surface area (Å²) in [6, 6.07) is 5.94. The zero-order valence-corrected chi connectivity index (χ0v) is 6.87. The maximum Gasteiger partial charge on any atom is 0.247 e. The molecule has 1 rings (SSSR count). The van der Waals surface area contributed by atoms with Crippen molar-refractivity contribution < 1.29 is 9.57 Å². The number of hydrogen-bond acceptors (Lipinski definition) is 2. The summed E-state index contributed by atoms with van der Waals surface area (Å²) < 4.78 is 1.73. The highest BCUT2D eigenvalue weighted by Gasteiger charge is 2.06. The lowest BCUT2D eigenvalue weighted by atomic mass is 10.3. The molecule has 0 atom stereocenters. The molecule has 0 aliphatic heterocycles. The van der Waals surface area contributed by atoms with Crippen LogP contribution in [-0.2, 0) is 6.54 Å². The summed E-state index contributed by atoms with van der Waals surface area (Å²) in [5, 5.41) is 3.06. The van der Waals surface area contributed by atoms with Crippen molar-refractivity contribution in [2.24, 2.45) is 0 Å². The highest BCUT2D eigenvalue weighted by Crippen LogP contribution is 1.88. The first-order valence-electron chi connectivity index (χ1n) is 3.57. The molecule has 60 valence electrons. The highest BCUT2D eigenvalue weighted by molar-refractivity contribution is 4.96. The monoisotopic (exact) mass is 153 g/mol. The van der Waals surface area contributed by atoms with E-state index in [0.717, 1.165) is 12.2 Å². The second kappa shape index (κ2) is 3.93. The Morgan fingerprint density at radius 2 is 2.36 bits per heavy atom. The van der Waals surface area contributed by atoms with Crippen LogP contribution < -0.4 is 14.9 Å². The molecule has 0 aromatic carbocycles. The number of hydrogen-bond donors (Lipinski definition) is 1. The number of aromatic nitrogens is 1. The molecule has 0 aliphatic rings. The lowest BCUT2D eigenvalue weighted by Gasteiger charge is -1.97. The van der Waals surface area contributed by atoms with Gasteiger partial charge in [-0.15, -0.1) is 0 Å². The van der Waals surface area contributed by atoms with E-state index >= 15 is 0 Å². The van der Waals surface area contributed by atoms with Crippen LogP contribution >= 0.6 is 0 Å². The Morgan fingerprint density at radius 1 is 1.55 bits per heavy atom. The Morgan fingerprint density at radius 3 is 3.00 bits per heavy atom. The standard InChI is InChI=1S/C8H13N2O/c1-9-7-8-5-3-4-6-10(8)11-2/h3-6,9H,7H2,1-2H3/q+1. The summed E-state index contributed by atoms with van der Waals surface area (Å²) >= 11 is 0. The first kappa shape index (κ1) is 8.01. The summed E-state index contributed by atoms with van der Waals surface area (Å²) in [5.74, 6) is 0. The van der Waals surface area contributed by atoms with E-state index in [0.29, 0.717) is 0 Å². The van der Waals surface area contributed by atoms with Gasteiger partial charge < -0.3 is 5.32 Å². The molecule has 1 aromatic heterocycles. The van der Waals surface area contributed by atoms with Gasteiger partial charge >= 0.3 is 0 Å². The molecule has 3 heteroatoms. The van der Waals surface area contributed by atoms with Crippen molar-refractivity contribution in [2.45, 2.75) is 6.54 Å². The van der Waals surface area contributed by atoms with E-state index in [2.05, 4.69) is 5.32 Å². The minimum Gasteiger partial charge on any atom is -0.310 e. The molecule has 0 saturated heterocycles. The maximum atomic E-state index is 5.07. The van der Waals surface area contributed by atoms with Crippen LogP contribution in [0, 0.1) is 0 Å². The number of nitrogens with zero attached hydrogens (tertiary/aromatic N) is 1. The second-order valence-corrected chi connectivity index (χ2v) is 2.23. The molecule has 1 N–H and O–H groups in total. The topological polar surface area (TPSA) is 25.1 Å². The average Bonchev–Trinajstić information content (AvgIpc) is 2.06. The van der Waals surface area contributed by atoms with Gasteiger partial charge in [0.05, 0.1) is 6.54 Å². The molecule has 3 nitrogen and oxygen atoms in total. The molecule has 0 radical (unpaired) electrons. The third-order valence-electron chi connectivity index (χ3n) is 1.46. The summed E-state index contributed by atoms with van der Waals surface area (Å²) in [4.78, 5) is 5.07. The van der Waals surface area contributed by atoms with Gasteiger partial charge in [-0.05, 0) is 13.1 Å². The van der Waals surface area contributed by atoms with Crippen molar-refractivity contribution in [3.8, 4) is 0 Å². The van der Waals surface area contributed by atoms with Gasteiger partial charge in [-0.1, -0.05) is 0 Å². The van der Waals surface area contributed by atoms with E-state index in [1.54, 1.807) is 11.8 Å². The van der Waals surface area contributed by atoms with Gasteiger partial charge in [0.15, 0.2) is 0 Å². The lowest BCUT2D eigenvalue weighted by molar-refractivity contribution is -0.890. The van der Waals surface area contributed by atoms with Gasteiger partial charge in [0.2, 0.25) is 11.9 Å². The third-order valence-corrected chi connectivity index (χ3v) is 1.46. The van der Waals surface area contributed by atoms with Crippen LogP contribution in [0.1, 0.15) is 5.69 Å². The van der Waals surface area contributed by atoms with Gasteiger partial charge in [-0.25, -0.2) is 0 Å². The van der Waals surface area contributed by atoms with E-state index in [9.17, 15) is 0 Å². The Hall–Kier alpha value is -1.09. The summed E-state index contributed by atoms with van der Waals surface area (Å²) in [6.45, 7) is 0.814. The lowest BCUT2D eigenvalue weighted by Crippen LogP contribution is -2.45. The minimum absolute atomic E-state index is 0.814. The molecule has 0 saturated carbocycles. The van der Waals surface area contributed by atoms with Gasteiger partial charge in [0, 0.05) is 16.9 Å². The zero-order chi connectivity index (χ0) is 8.10. The molecule has 1 heterocycles. The van der Waals surface area contributed by atoms with Crippen molar-refractivity contribution in [3.63, 3.8) is 0 Å². The van der Waals surface area contributed by atoms with Crippen molar-refractivity contribution in [1.29, 1.82) is 0 Å². The largest absolute Gasteiger partial charge is 0.310 e. The van der Waals surface area contributed by atoms with E-state index in [1.165, 1.54) is 0 Å². The Labute approximate surface area is 66.6 Å². The fourth-order valence-corrected chi connectivity index (χ4v) is 0.960. The maximum absolute atomic E-state index is 5.07. The van der Waals surface area contributed by atoms with Crippen molar-refractivity contribution in [1.82, 2.24) is 5.32 Å². The molecule has 0 amide bonds. The van der Waals surface area contributed by atoms with E-state index < -0.39 is 0 Å². The summed E-state index contributed by atoms with van der Waals surface area (Å²) in [5.41, 5.74) is 1.11. The van der Waals surface area contributed by atoms with E-state index in [-0.39, 0.29) is 0 Å². The van der Waals surface area contributed by atoms with Crippen LogP contribution in [-0.4, -0.2) is 14.2 Å². The molecule has 0 spiro atoms. The Bertz CT molecular complexity index is 225. The van der Waals surface area contributed by atoms with Gasteiger partial charge in [0.1, 0.15) is 7.11 Å². The van der Waals surface area contributed by atoms with Gasteiger partial charge in [-0.2, -0.15) is 0 Å². The predicted molar refractivity (Wildman–Crippen MR) is 41.9 cm³/mol. The van der Waals surface area contributed by atoms with Crippen LogP contribution in [0.2, 0.25) is 0 Å². The molecule has 11 heavy (non-hydrogen) atoms. The fraction of sp³-hybridized carbons (Fsp3) is 0.375. The first-order chi connectivity index (χ1) is 5.38. The smallest absolute Gasteiger partial charge is 0.247 e. The average molecular weight is 153 g/mol. The highest BCUT2D eigenvalue weighted by atomic mass is 16.6. The van der Waals surface area contributed by atoms with Gasteiger partial charge in [-0.3, -0.25) is 4.84 Å². The number of nitrogens with one attached hydrogen (secondary N) is 1. The van der Waals surface area contributed by atoms with Crippen LogP contribution in [0.15, 0.2) is 24.4 Å². The summed E-state index contributed by atoms with van der Waals surface area (Å²) in [7, 11) is 3.56. The van der Waals surface area contributed by atoms with Crippen molar-refractivity contribution >= 4 is 0 Å². The first-order valence-corrected chi connectivity index (χ1v) is 3.57. The zero-order valence-electron chi connectivity index (χ0n) is 6.87.